The number of para-hydroxylation sites is 1. The standard InChI is InChI=1S/C20H15N5O2S/c26-19(15-11-12-28-13-15)22-23-20(27)17-21-18(14-7-3-1-4-8-14)25(24-17)16-9-5-2-6-10-16/h1-13H,(H,22,26)(H,23,27). The molecule has 2 N–H and O–H groups in total. The lowest BCUT2D eigenvalue weighted by Gasteiger charge is -2.05. The molecular formula is C20H15N5O2S. The van der Waals surface area contributed by atoms with Crippen LogP contribution in [0.5, 0.6) is 0 Å². The van der Waals surface area contributed by atoms with Crippen LogP contribution in [-0.2, 0) is 0 Å². The van der Waals surface area contributed by atoms with E-state index >= 15 is 0 Å². The number of thiophene rings is 1. The number of aromatic nitrogens is 3. The molecule has 0 spiro atoms. The molecule has 8 heteroatoms. The van der Waals surface area contributed by atoms with Crippen molar-refractivity contribution in [2.24, 2.45) is 0 Å². The minimum Gasteiger partial charge on any atom is -0.267 e. The monoisotopic (exact) mass is 389 g/mol. The Labute approximate surface area is 164 Å². The number of nitrogens with zero attached hydrogens (tertiary/aromatic N) is 3. The summed E-state index contributed by atoms with van der Waals surface area (Å²) >= 11 is 1.40. The highest BCUT2D eigenvalue weighted by Crippen LogP contribution is 2.20. The van der Waals surface area contributed by atoms with Gasteiger partial charge in [0.25, 0.3) is 5.91 Å². The van der Waals surface area contributed by atoms with Crippen molar-refractivity contribution in [2.75, 3.05) is 0 Å². The molecule has 4 rings (SSSR count). The Balaban J connectivity index is 1.62. The summed E-state index contributed by atoms with van der Waals surface area (Å²) in [5.41, 5.74) is 6.79. The van der Waals surface area contributed by atoms with E-state index < -0.39 is 11.8 Å². The zero-order chi connectivity index (χ0) is 19.3. The van der Waals surface area contributed by atoms with Crippen molar-refractivity contribution in [2.45, 2.75) is 0 Å². The van der Waals surface area contributed by atoms with E-state index in [2.05, 4.69) is 20.9 Å². The number of benzene rings is 2. The minimum absolute atomic E-state index is 0.0478. The van der Waals surface area contributed by atoms with Gasteiger partial charge in [0.15, 0.2) is 5.82 Å². The fourth-order valence-corrected chi connectivity index (χ4v) is 3.20. The number of rotatable bonds is 4. The molecule has 138 valence electrons. The first-order valence-electron chi connectivity index (χ1n) is 8.43. The van der Waals surface area contributed by atoms with Gasteiger partial charge in [-0.05, 0) is 23.6 Å². The van der Waals surface area contributed by atoms with Gasteiger partial charge >= 0.3 is 5.91 Å². The highest BCUT2D eigenvalue weighted by molar-refractivity contribution is 7.08. The van der Waals surface area contributed by atoms with Crippen LogP contribution in [-0.4, -0.2) is 26.6 Å². The second-order valence-electron chi connectivity index (χ2n) is 5.79. The van der Waals surface area contributed by atoms with Crippen LogP contribution in [0.15, 0.2) is 77.5 Å². The maximum atomic E-state index is 12.5. The second kappa shape index (κ2) is 7.85. The SMILES string of the molecule is O=C(NNC(=O)c1nc(-c2ccccc2)n(-c2ccccc2)n1)c1ccsc1. The summed E-state index contributed by atoms with van der Waals surface area (Å²) < 4.78 is 1.60. The minimum atomic E-state index is -0.601. The van der Waals surface area contributed by atoms with Crippen LogP contribution in [0.25, 0.3) is 17.1 Å². The Hall–Kier alpha value is -3.78. The largest absolute Gasteiger partial charge is 0.309 e. The summed E-state index contributed by atoms with van der Waals surface area (Å²) in [4.78, 5) is 28.9. The molecule has 0 aliphatic heterocycles. The zero-order valence-electron chi connectivity index (χ0n) is 14.6. The average Bonchev–Trinajstić information content (AvgIpc) is 3.43. The lowest BCUT2D eigenvalue weighted by molar-refractivity contribution is 0.0841. The molecule has 7 nitrogen and oxygen atoms in total. The van der Waals surface area contributed by atoms with E-state index in [-0.39, 0.29) is 5.82 Å². The highest BCUT2D eigenvalue weighted by Gasteiger charge is 2.19. The lowest BCUT2D eigenvalue weighted by atomic mass is 10.2. The Bertz CT molecular complexity index is 1040. The third-order valence-electron chi connectivity index (χ3n) is 3.92. The van der Waals surface area contributed by atoms with Gasteiger partial charge in [0.05, 0.1) is 11.3 Å². The van der Waals surface area contributed by atoms with Crippen molar-refractivity contribution in [3.63, 3.8) is 0 Å². The molecule has 0 aliphatic carbocycles. The molecule has 0 saturated heterocycles. The Morgan fingerprint density at radius 3 is 2.21 bits per heavy atom. The first kappa shape index (κ1) is 17.6. The third kappa shape index (κ3) is 3.67. The first-order valence-corrected chi connectivity index (χ1v) is 9.37. The van der Waals surface area contributed by atoms with Gasteiger partial charge in [-0.2, -0.15) is 11.3 Å². The topological polar surface area (TPSA) is 88.9 Å². The van der Waals surface area contributed by atoms with Crippen LogP contribution < -0.4 is 10.9 Å². The van der Waals surface area contributed by atoms with Crippen molar-refractivity contribution < 1.29 is 9.59 Å². The maximum Gasteiger partial charge on any atom is 0.309 e. The Morgan fingerprint density at radius 1 is 0.857 bits per heavy atom. The van der Waals surface area contributed by atoms with Crippen LogP contribution in [0.3, 0.4) is 0 Å². The summed E-state index contributed by atoms with van der Waals surface area (Å²) in [6.45, 7) is 0. The van der Waals surface area contributed by atoms with E-state index in [1.807, 2.05) is 60.7 Å². The predicted octanol–water partition coefficient (Wildman–Crippen LogP) is 3.07. The van der Waals surface area contributed by atoms with Gasteiger partial charge in [0.1, 0.15) is 0 Å². The fraction of sp³-hybridized carbons (Fsp3) is 0. The van der Waals surface area contributed by atoms with Crippen LogP contribution in [0, 0.1) is 0 Å². The molecule has 0 bridgehead atoms. The molecule has 0 saturated carbocycles. The van der Waals surface area contributed by atoms with Gasteiger partial charge < -0.3 is 0 Å². The van der Waals surface area contributed by atoms with Crippen LogP contribution in [0.1, 0.15) is 21.0 Å². The van der Waals surface area contributed by atoms with E-state index in [0.29, 0.717) is 11.4 Å². The average molecular weight is 389 g/mol. The third-order valence-corrected chi connectivity index (χ3v) is 4.60. The molecule has 2 amide bonds. The number of nitrogens with one attached hydrogen (secondary N) is 2. The summed E-state index contributed by atoms with van der Waals surface area (Å²) in [6, 6.07) is 20.5. The number of hydrogen-bond acceptors (Lipinski definition) is 5. The van der Waals surface area contributed by atoms with E-state index in [1.54, 1.807) is 21.5 Å². The predicted molar refractivity (Wildman–Crippen MR) is 106 cm³/mol. The van der Waals surface area contributed by atoms with E-state index in [0.717, 1.165) is 11.3 Å². The van der Waals surface area contributed by atoms with E-state index in [1.165, 1.54) is 11.3 Å². The molecule has 0 fully saturated rings. The van der Waals surface area contributed by atoms with Crippen LogP contribution in [0.4, 0.5) is 0 Å². The van der Waals surface area contributed by atoms with Gasteiger partial charge in [-0.1, -0.05) is 48.5 Å². The lowest BCUT2D eigenvalue weighted by Crippen LogP contribution is -2.42. The van der Waals surface area contributed by atoms with Crippen molar-refractivity contribution in [1.82, 2.24) is 25.6 Å². The maximum absolute atomic E-state index is 12.5. The molecule has 2 aromatic heterocycles. The van der Waals surface area contributed by atoms with Gasteiger partial charge in [0, 0.05) is 10.9 Å². The summed E-state index contributed by atoms with van der Waals surface area (Å²) in [7, 11) is 0. The number of hydrazine groups is 1. The molecule has 4 aromatic rings. The smallest absolute Gasteiger partial charge is 0.267 e. The van der Waals surface area contributed by atoms with Gasteiger partial charge in [-0.25, -0.2) is 9.67 Å². The fourth-order valence-electron chi connectivity index (χ4n) is 2.57. The second-order valence-corrected chi connectivity index (χ2v) is 6.57. The van der Waals surface area contributed by atoms with E-state index in [4.69, 9.17) is 0 Å². The van der Waals surface area contributed by atoms with E-state index in [9.17, 15) is 9.59 Å². The van der Waals surface area contributed by atoms with Crippen molar-refractivity contribution in [1.29, 1.82) is 0 Å². The number of carbonyl (C=O) groups excluding carboxylic acids is 2. The molecule has 0 atom stereocenters. The zero-order valence-corrected chi connectivity index (χ0v) is 15.4. The number of amides is 2. The van der Waals surface area contributed by atoms with Gasteiger partial charge in [0.2, 0.25) is 5.82 Å². The first-order chi connectivity index (χ1) is 13.7. The van der Waals surface area contributed by atoms with Gasteiger partial charge in [-0.3, -0.25) is 20.4 Å². The molecule has 28 heavy (non-hydrogen) atoms. The summed E-state index contributed by atoms with van der Waals surface area (Å²) in [5, 5.41) is 7.82. The quantitative estimate of drug-likeness (QED) is 0.525. The normalized spacial score (nSPS) is 10.4. The van der Waals surface area contributed by atoms with Crippen molar-refractivity contribution >= 4 is 23.2 Å². The molecule has 0 aliphatic rings. The van der Waals surface area contributed by atoms with Crippen molar-refractivity contribution in [3.05, 3.63) is 88.9 Å². The van der Waals surface area contributed by atoms with Crippen molar-refractivity contribution in [3.8, 4) is 17.1 Å². The number of hydrogen-bond donors (Lipinski definition) is 2. The Kier molecular flexibility index (Phi) is 4.94. The van der Waals surface area contributed by atoms with Crippen LogP contribution >= 0.6 is 11.3 Å². The van der Waals surface area contributed by atoms with Crippen LogP contribution in [0.2, 0.25) is 0 Å². The summed E-state index contributed by atoms with van der Waals surface area (Å²) in [5.74, 6) is -0.523. The summed E-state index contributed by atoms with van der Waals surface area (Å²) in [6.07, 6.45) is 0. The Morgan fingerprint density at radius 2 is 1.54 bits per heavy atom. The number of carbonyl (C=O) groups is 2. The molecule has 2 heterocycles. The molecule has 2 aromatic carbocycles. The molecule has 0 unspecified atom stereocenters. The molecule has 0 radical (unpaired) electrons. The highest BCUT2D eigenvalue weighted by atomic mass is 32.1. The molecular weight excluding hydrogens is 374 g/mol. The van der Waals surface area contributed by atoms with Gasteiger partial charge in [-0.15, -0.1) is 5.10 Å².